The largest absolute Gasteiger partial charge is 0.494 e. The van der Waals surface area contributed by atoms with Crippen molar-refractivity contribution in [2.75, 3.05) is 37.7 Å². The minimum absolute atomic E-state index is 0.782. The van der Waals surface area contributed by atoms with Crippen LogP contribution in [0.5, 0.6) is 5.75 Å². The summed E-state index contributed by atoms with van der Waals surface area (Å²) in [5.41, 5.74) is 1.33. The Morgan fingerprint density at radius 1 is 1.05 bits per heavy atom. The number of nitrogens with one attached hydrogen (secondary N) is 1. The zero-order chi connectivity index (χ0) is 14.5. The highest BCUT2D eigenvalue weighted by molar-refractivity contribution is 5.87. The maximum atomic E-state index is 5.71. The predicted molar refractivity (Wildman–Crippen MR) is 89.4 cm³/mol. The van der Waals surface area contributed by atoms with E-state index in [0.717, 1.165) is 45.0 Å². The molecule has 0 amide bonds. The number of nitrogens with zero attached hydrogens (tertiary/aromatic N) is 1. The molecule has 2 aromatic carbocycles. The van der Waals surface area contributed by atoms with E-state index in [1.54, 1.807) is 0 Å². The minimum Gasteiger partial charge on any atom is -0.494 e. The Hall–Kier alpha value is -1.74. The van der Waals surface area contributed by atoms with E-state index < -0.39 is 0 Å². The van der Waals surface area contributed by atoms with Gasteiger partial charge in [0.15, 0.2) is 0 Å². The third-order valence-corrected chi connectivity index (χ3v) is 3.97. The molecule has 0 spiro atoms. The van der Waals surface area contributed by atoms with Crippen molar-refractivity contribution < 1.29 is 4.74 Å². The second-order valence-electron chi connectivity index (χ2n) is 5.63. The predicted octanol–water partition coefficient (Wildman–Crippen LogP) is 3.43. The summed E-state index contributed by atoms with van der Waals surface area (Å²) in [6, 6.07) is 13.1. The van der Waals surface area contributed by atoms with Crippen LogP contribution in [0.3, 0.4) is 0 Å². The second kappa shape index (κ2) is 6.81. The van der Waals surface area contributed by atoms with Crippen LogP contribution in [0.25, 0.3) is 10.8 Å². The molecule has 0 radical (unpaired) electrons. The molecule has 1 heterocycles. The molecular weight excluding hydrogens is 260 g/mol. The van der Waals surface area contributed by atoms with Crippen LogP contribution in [0.2, 0.25) is 0 Å². The monoisotopic (exact) mass is 284 g/mol. The third kappa shape index (κ3) is 3.48. The maximum absolute atomic E-state index is 5.71. The molecule has 112 valence electrons. The first-order valence-corrected chi connectivity index (χ1v) is 7.99. The van der Waals surface area contributed by atoms with Gasteiger partial charge in [-0.15, -0.1) is 0 Å². The molecule has 0 aliphatic carbocycles. The van der Waals surface area contributed by atoms with Crippen LogP contribution in [-0.2, 0) is 0 Å². The number of benzene rings is 2. The van der Waals surface area contributed by atoms with Crippen LogP contribution < -0.4 is 15.0 Å². The summed E-state index contributed by atoms with van der Waals surface area (Å²) in [5, 5.41) is 5.99. The molecular formula is C18H24N2O. The number of hydrogen-bond acceptors (Lipinski definition) is 3. The fraction of sp³-hybridized carbons (Fsp3) is 0.444. The first kappa shape index (κ1) is 14.2. The third-order valence-electron chi connectivity index (χ3n) is 3.97. The van der Waals surface area contributed by atoms with Gasteiger partial charge in [0.1, 0.15) is 5.75 Å². The van der Waals surface area contributed by atoms with E-state index in [9.17, 15) is 0 Å². The normalized spacial score (nSPS) is 16.0. The van der Waals surface area contributed by atoms with Crippen molar-refractivity contribution in [2.24, 2.45) is 0 Å². The summed E-state index contributed by atoms with van der Waals surface area (Å²) >= 11 is 0. The molecule has 3 rings (SSSR count). The van der Waals surface area contributed by atoms with Crippen LogP contribution in [0.15, 0.2) is 36.4 Å². The standard InChI is InChI=1S/C18H24N2O/c1-2-12-21-18-7-5-15-13-17(6-4-16(15)14-18)20-10-3-8-19-9-11-20/h4-7,13-14,19H,2-3,8-12H2,1H3. The van der Waals surface area contributed by atoms with Crippen LogP contribution in [0.4, 0.5) is 5.69 Å². The van der Waals surface area contributed by atoms with Crippen LogP contribution >= 0.6 is 0 Å². The van der Waals surface area contributed by atoms with Gasteiger partial charge in [0.2, 0.25) is 0 Å². The van der Waals surface area contributed by atoms with Gasteiger partial charge in [-0.1, -0.05) is 19.1 Å². The number of rotatable bonds is 4. The van der Waals surface area contributed by atoms with Gasteiger partial charge in [0.25, 0.3) is 0 Å². The molecule has 0 atom stereocenters. The van der Waals surface area contributed by atoms with Crippen LogP contribution in [0.1, 0.15) is 19.8 Å². The van der Waals surface area contributed by atoms with E-state index in [-0.39, 0.29) is 0 Å². The van der Waals surface area contributed by atoms with Crippen molar-refractivity contribution in [1.82, 2.24) is 5.32 Å². The first-order chi connectivity index (χ1) is 10.4. The van der Waals surface area contributed by atoms with Gasteiger partial charge in [-0.05, 0) is 54.4 Å². The van der Waals surface area contributed by atoms with Gasteiger partial charge in [0.05, 0.1) is 6.61 Å². The zero-order valence-electron chi connectivity index (χ0n) is 12.8. The Morgan fingerprint density at radius 2 is 1.90 bits per heavy atom. The summed E-state index contributed by atoms with van der Waals surface area (Å²) in [6.45, 7) is 7.33. The van der Waals surface area contributed by atoms with E-state index in [0.29, 0.717) is 0 Å². The zero-order valence-corrected chi connectivity index (χ0v) is 12.8. The van der Waals surface area contributed by atoms with Gasteiger partial charge in [0, 0.05) is 25.3 Å². The van der Waals surface area contributed by atoms with Gasteiger partial charge in [-0.2, -0.15) is 0 Å². The van der Waals surface area contributed by atoms with Crippen LogP contribution in [0, 0.1) is 0 Å². The molecule has 3 nitrogen and oxygen atoms in total. The lowest BCUT2D eigenvalue weighted by Gasteiger charge is -2.22. The maximum Gasteiger partial charge on any atom is 0.119 e. The fourth-order valence-corrected chi connectivity index (χ4v) is 2.82. The van der Waals surface area contributed by atoms with Crippen LogP contribution in [-0.4, -0.2) is 32.8 Å². The number of anilines is 1. The summed E-state index contributed by atoms with van der Waals surface area (Å²) in [4.78, 5) is 2.47. The highest BCUT2D eigenvalue weighted by Crippen LogP contribution is 2.26. The van der Waals surface area contributed by atoms with E-state index in [2.05, 4.69) is 53.5 Å². The average Bonchev–Trinajstić information content (AvgIpc) is 2.81. The van der Waals surface area contributed by atoms with Gasteiger partial charge in [-0.3, -0.25) is 0 Å². The number of fused-ring (bicyclic) bond motifs is 1. The van der Waals surface area contributed by atoms with E-state index in [1.807, 2.05) is 0 Å². The lowest BCUT2D eigenvalue weighted by Crippen LogP contribution is -2.27. The lowest BCUT2D eigenvalue weighted by molar-refractivity contribution is 0.318. The van der Waals surface area contributed by atoms with Crippen molar-refractivity contribution in [2.45, 2.75) is 19.8 Å². The molecule has 1 aliphatic heterocycles. The van der Waals surface area contributed by atoms with Crippen molar-refractivity contribution in [3.63, 3.8) is 0 Å². The smallest absolute Gasteiger partial charge is 0.119 e. The number of ether oxygens (including phenoxy) is 1. The Bertz CT molecular complexity index is 589. The average molecular weight is 284 g/mol. The molecule has 1 saturated heterocycles. The SMILES string of the molecule is CCCOc1ccc2cc(N3CCCNCC3)ccc2c1. The minimum atomic E-state index is 0.782. The summed E-state index contributed by atoms with van der Waals surface area (Å²) in [5.74, 6) is 0.969. The van der Waals surface area contributed by atoms with Crippen molar-refractivity contribution >= 4 is 16.5 Å². The first-order valence-electron chi connectivity index (χ1n) is 7.99. The Kier molecular flexibility index (Phi) is 4.61. The quantitative estimate of drug-likeness (QED) is 0.931. The highest BCUT2D eigenvalue weighted by atomic mass is 16.5. The topological polar surface area (TPSA) is 24.5 Å². The molecule has 0 bridgehead atoms. The molecule has 0 saturated carbocycles. The van der Waals surface area contributed by atoms with Crippen molar-refractivity contribution in [3.8, 4) is 5.75 Å². The molecule has 0 unspecified atom stereocenters. The molecule has 1 aliphatic rings. The molecule has 1 N–H and O–H groups in total. The van der Waals surface area contributed by atoms with Gasteiger partial charge >= 0.3 is 0 Å². The summed E-state index contributed by atoms with van der Waals surface area (Å²) < 4.78 is 5.71. The van der Waals surface area contributed by atoms with E-state index in [4.69, 9.17) is 4.74 Å². The Morgan fingerprint density at radius 3 is 2.81 bits per heavy atom. The molecule has 2 aromatic rings. The fourth-order valence-electron chi connectivity index (χ4n) is 2.82. The van der Waals surface area contributed by atoms with Crippen molar-refractivity contribution in [1.29, 1.82) is 0 Å². The van der Waals surface area contributed by atoms with Gasteiger partial charge in [-0.25, -0.2) is 0 Å². The Balaban J connectivity index is 1.82. The second-order valence-corrected chi connectivity index (χ2v) is 5.63. The molecule has 3 heteroatoms. The summed E-state index contributed by atoms with van der Waals surface area (Å²) in [7, 11) is 0. The summed E-state index contributed by atoms with van der Waals surface area (Å²) in [6.07, 6.45) is 2.25. The molecule has 1 fully saturated rings. The van der Waals surface area contributed by atoms with Crippen molar-refractivity contribution in [3.05, 3.63) is 36.4 Å². The van der Waals surface area contributed by atoms with E-state index in [1.165, 1.54) is 22.9 Å². The number of hydrogen-bond donors (Lipinski definition) is 1. The Labute approximate surface area is 126 Å². The molecule has 0 aromatic heterocycles. The molecule has 21 heavy (non-hydrogen) atoms. The lowest BCUT2D eigenvalue weighted by atomic mass is 10.1. The van der Waals surface area contributed by atoms with Gasteiger partial charge < -0.3 is 15.0 Å². The highest BCUT2D eigenvalue weighted by Gasteiger charge is 2.10. The van der Waals surface area contributed by atoms with E-state index >= 15 is 0 Å².